The number of hydrogen-bond donors (Lipinski definition) is 2. The number of aromatic nitrogens is 1. The molecule has 0 saturated carbocycles. The van der Waals surface area contributed by atoms with Crippen LogP contribution in [0.15, 0.2) is 24.4 Å². The SMILES string of the molecule is C[C@H]1C[C@@H](C(=O)Nc2ccccn2)CCN1. The number of rotatable bonds is 2. The predicted octanol–water partition coefficient (Wildman–Crippen LogP) is 1.41. The van der Waals surface area contributed by atoms with Gasteiger partial charge >= 0.3 is 0 Å². The van der Waals surface area contributed by atoms with Crippen LogP contribution in [0.5, 0.6) is 0 Å². The first-order valence-electron chi connectivity index (χ1n) is 5.71. The van der Waals surface area contributed by atoms with Crippen LogP contribution in [-0.4, -0.2) is 23.5 Å². The summed E-state index contributed by atoms with van der Waals surface area (Å²) in [5.41, 5.74) is 0. The van der Waals surface area contributed by atoms with Crippen LogP contribution in [-0.2, 0) is 4.79 Å². The molecule has 2 atom stereocenters. The Morgan fingerprint density at radius 3 is 3.12 bits per heavy atom. The lowest BCUT2D eigenvalue weighted by Crippen LogP contribution is -2.40. The van der Waals surface area contributed by atoms with E-state index in [9.17, 15) is 4.79 Å². The first-order chi connectivity index (χ1) is 7.75. The van der Waals surface area contributed by atoms with E-state index in [-0.39, 0.29) is 11.8 Å². The molecule has 0 aromatic carbocycles. The summed E-state index contributed by atoms with van der Waals surface area (Å²) in [7, 11) is 0. The Morgan fingerprint density at radius 1 is 1.56 bits per heavy atom. The van der Waals surface area contributed by atoms with Crippen molar-refractivity contribution in [3.05, 3.63) is 24.4 Å². The fourth-order valence-corrected chi connectivity index (χ4v) is 2.04. The summed E-state index contributed by atoms with van der Waals surface area (Å²) >= 11 is 0. The molecule has 16 heavy (non-hydrogen) atoms. The summed E-state index contributed by atoms with van der Waals surface area (Å²) < 4.78 is 0. The standard InChI is InChI=1S/C12H17N3O/c1-9-8-10(5-7-13-9)12(16)15-11-4-2-3-6-14-11/h2-4,6,9-10,13H,5,7-8H2,1H3,(H,14,15,16)/t9-,10-/m0/s1. The summed E-state index contributed by atoms with van der Waals surface area (Å²) in [5, 5.41) is 6.19. The maximum atomic E-state index is 11.9. The van der Waals surface area contributed by atoms with Gasteiger partial charge in [-0.3, -0.25) is 4.79 Å². The van der Waals surface area contributed by atoms with Crippen LogP contribution in [0, 0.1) is 5.92 Å². The Balaban J connectivity index is 1.93. The highest BCUT2D eigenvalue weighted by atomic mass is 16.1. The Labute approximate surface area is 95.5 Å². The smallest absolute Gasteiger partial charge is 0.228 e. The molecule has 1 saturated heterocycles. The molecule has 1 fully saturated rings. The highest BCUT2D eigenvalue weighted by molar-refractivity contribution is 5.91. The lowest BCUT2D eigenvalue weighted by atomic mass is 9.92. The molecule has 1 amide bonds. The first-order valence-corrected chi connectivity index (χ1v) is 5.71. The zero-order valence-electron chi connectivity index (χ0n) is 9.44. The molecule has 2 N–H and O–H groups in total. The van der Waals surface area contributed by atoms with Gasteiger partial charge in [-0.2, -0.15) is 0 Å². The van der Waals surface area contributed by atoms with Gasteiger partial charge in [-0.05, 0) is 38.4 Å². The summed E-state index contributed by atoms with van der Waals surface area (Å²) in [5.74, 6) is 0.837. The van der Waals surface area contributed by atoms with E-state index >= 15 is 0 Å². The van der Waals surface area contributed by atoms with Gasteiger partial charge in [0.05, 0.1) is 0 Å². The minimum absolute atomic E-state index is 0.0899. The van der Waals surface area contributed by atoms with Crippen LogP contribution in [0.3, 0.4) is 0 Å². The Bertz CT molecular complexity index is 353. The molecular formula is C12H17N3O. The van der Waals surface area contributed by atoms with Gasteiger partial charge in [-0.1, -0.05) is 6.07 Å². The van der Waals surface area contributed by atoms with Crippen LogP contribution in [0.4, 0.5) is 5.82 Å². The molecule has 4 heteroatoms. The summed E-state index contributed by atoms with van der Waals surface area (Å²) in [6, 6.07) is 5.94. The third-order valence-corrected chi connectivity index (χ3v) is 2.91. The quantitative estimate of drug-likeness (QED) is 0.790. The van der Waals surface area contributed by atoms with Crippen LogP contribution < -0.4 is 10.6 Å². The zero-order chi connectivity index (χ0) is 11.4. The van der Waals surface area contributed by atoms with Crippen molar-refractivity contribution in [2.45, 2.75) is 25.8 Å². The van der Waals surface area contributed by atoms with Crippen molar-refractivity contribution in [1.82, 2.24) is 10.3 Å². The van der Waals surface area contributed by atoms with Crippen molar-refractivity contribution < 1.29 is 4.79 Å². The minimum Gasteiger partial charge on any atom is -0.314 e. The van der Waals surface area contributed by atoms with Gasteiger partial charge in [0.15, 0.2) is 0 Å². The minimum atomic E-state index is 0.0899. The van der Waals surface area contributed by atoms with Gasteiger partial charge in [0, 0.05) is 18.2 Å². The van der Waals surface area contributed by atoms with E-state index in [1.807, 2.05) is 18.2 Å². The number of piperidine rings is 1. The molecule has 0 radical (unpaired) electrons. The molecule has 0 unspecified atom stereocenters. The number of carbonyl (C=O) groups excluding carboxylic acids is 1. The second kappa shape index (κ2) is 5.07. The molecule has 1 aliphatic rings. The summed E-state index contributed by atoms with van der Waals surface area (Å²) in [6.45, 7) is 3.03. The van der Waals surface area contributed by atoms with Crippen molar-refractivity contribution in [2.75, 3.05) is 11.9 Å². The van der Waals surface area contributed by atoms with E-state index in [2.05, 4.69) is 22.5 Å². The van der Waals surface area contributed by atoms with Crippen LogP contribution in [0.25, 0.3) is 0 Å². The molecule has 0 aliphatic carbocycles. The third kappa shape index (κ3) is 2.79. The zero-order valence-corrected chi connectivity index (χ0v) is 9.44. The number of carbonyl (C=O) groups is 1. The molecule has 2 rings (SSSR count). The van der Waals surface area contributed by atoms with E-state index < -0.39 is 0 Å². The van der Waals surface area contributed by atoms with Gasteiger partial charge in [-0.15, -0.1) is 0 Å². The van der Waals surface area contributed by atoms with Crippen molar-refractivity contribution in [1.29, 1.82) is 0 Å². The van der Waals surface area contributed by atoms with Crippen LogP contribution in [0.1, 0.15) is 19.8 Å². The van der Waals surface area contributed by atoms with Gasteiger partial charge in [0.2, 0.25) is 5.91 Å². The first kappa shape index (κ1) is 11.1. The average molecular weight is 219 g/mol. The number of hydrogen-bond acceptors (Lipinski definition) is 3. The molecule has 4 nitrogen and oxygen atoms in total. The van der Waals surface area contributed by atoms with Gasteiger partial charge in [0.1, 0.15) is 5.82 Å². The van der Waals surface area contributed by atoms with E-state index in [1.165, 1.54) is 0 Å². The topological polar surface area (TPSA) is 54.0 Å². The maximum Gasteiger partial charge on any atom is 0.228 e. The Morgan fingerprint density at radius 2 is 2.44 bits per heavy atom. The molecule has 2 heterocycles. The van der Waals surface area contributed by atoms with E-state index in [0.29, 0.717) is 11.9 Å². The van der Waals surface area contributed by atoms with Crippen molar-refractivity contribution in [3.8, 4) is 0 Å². The molecule has 0 bridgehead atoms. The highest BCUT2D eigenvalue weighted by Crippen LogP contribution is 2.17. The van der Waals surface area contributed by atoms with Gasteiger partial charge < -0.3 is 10.6 Å². The van der Waals surface area contributed by atoms with Gasteiger partial charge in [0.25, 0.3) is 0 Å². The molecular weight excluding hydrogens is 202 g/mol. The summed E-state index contributed by atoms with van der Waals surface area (Å²) in [4.78, 5) is 16.0. The van der Waals surface area contributed by atoms with Gasteiger partial charge in [-0.25, -0.2) is 4.98 Å². The average Bonchev–Trinajstić information content (AvgIpc) is 2.30. The number of amides is 1. The normalized spacial score (nSPS) is 25.1. The monoisotopic (exact) mass is 219 g/mol. The third-order valence-electron chi connectivity index (χ3n) is 2.91. The second-order valence-corrected chi connectivity index (χ2v) is 4.28. The maximum absolute atomic E-state index is 11.9. The fourth-order valence-electron chi connectivity index (χ4n) is 2.04. The van der Waals surface area contributed by atoms with E-state index in [1.54, 1.807) is 6.20 Å². The predicted molar refractivity (Wildman–Crippen MR) is 63.1 cm³/mol. The van der Waals surface area contributed by atoms with E-state index in [0.717, 1.165) is 19.4 Å². The number of anilines is 1. The molecule has 1 aromatic heterocycles. The number of pyridine rings is 1. The van der Waals surface area contributed by atoms with E-state index in [4.69, 9.17) is 0 Å². The lowest BCUT2D eigenvalue weighted by molar-refractivity contribution is -0.120. The molecule has 86 valence electrons. The van der Waals surface area contributed by atoms with Crippen LogP contribution >= 0.6 is 0 Å². The van der Waals surface area contributed by atoms with Crippen molar-refractivity contribution in [2.24, 2.45) is 5.92 Å². The van der Waals surface area contributed by atoms with Crippen LogP contribution in [0.2, 0.25) is 0 Å². The second-order valence-electron chi connectivity index (χ2n) is 4.28. The highest BCUT2D eigenvalue weighted by Gasteiger charge is 2.24. The fraction of sp³-hybridized carbons (Fsp3) is 0.500. The number of nitrogens with zero attached hydrogens (tertiary/aromatic N) is 1. The molecule has 0 spiro atoms. The Kier molecular flexibility index (Phi) is 3.51. The molecule has 1 aromatic rings. The van der Waals surface area contributed by atoms with Crippen molar-refractivity contribution >= 4 is 11.7 Å². The Hall–Kier alpha value is -1.42. The lowest BCUT2D eigenvalue weighted by Gasteiger charge is -2.26. The van der Waals surface area contributed by atoms with Crippen molar-refractivity contribution in [3.63, 3.8) is 0 Å². The summed E-state index contributed by atoms with van der Waals surface area (Å²) in [6.07, 6.45) is 3.49. The number of nitrogens with one attached hydrogen (secondary N) is 2. The largest absolute Gasteiger partial charge is 0.314 e. The molecule has 1 aliphatic heterocycles.